The molecule has 0 saturated heterocycles. The molecule has 0 saturated carbocycles. The standard InChI is InChI=1S/C15H20N2S/c1-3-10-16-11-9-14-17-15(12(2)18-14)13-7-5-4-6-8-13/h4-8,16H,3,9-11H2,1-2H3. The SMILES string of the molecule is CCCNCCc1nc(-c2ccccc2)c(C)s1. The highest BCUT2D eigenvalue weighted by molar-refractivity contribution is 7.12. The fraction of sp³-hybridized carbons (Fsp3) is 0.400. The maximum absolute atomic E-state index is 4.76. The molecular formula is C15H20N2S. The Kier molecular flexibility index (Phi) is 4.90. The molecule has 1 aromatic heterocycles. The largest absolute Gasteiger partial charge is 0.316 e. The van der Waals surface area contributed by atoms with Gasteiger partial charge in [0.15, 0.2) is 0 Å². The number of hydrogen-bond donors (Lipinski definition) is 1. The third-order valence-corrected chi connectivity index (χ3v) is 3.86. The van der Waals surface area contributed by atoms with Crippen LogP contribution in [0.3, 0.4) is 0 Å². The monoisotopic (exact) mass is 260 g/mol. The van der Waals surface area contributed by atoms with E-state index >= 15 is 0 Å². The maximum Gasteiger partial charge on any atom is 0.0948 e. The lowest BCUT2D eigenvalue weighted by Gasteiger charge is -1.99. The van der Waals surface area contributed by atoms with E-state index in [1.54, 1.807) is 0 Å². The molecule has 3 heteroatoms. The predicted octanol–water partition coefficient (Wildman–Crippen LogP) is 3.66. The Hall–Kier alpha value is -1.19. The average Bonchev–Trinajstić information content (AvgIpc) is 2.77. The van der Waals surface area contributed by atoms with E-state index in [4.69, 9.17) is 4.98 Å². The lowest BCUT2D eigenvalue weighted by Crippen LogP contribution is -2.17. The first-order valence-corrected chi connectivity index (χ1v) is 7.35. The van der Waals surface area contributed by atoms with Gasteiger partial charge in [0.25, 0.3) is 0 Å². The van der Waals surface area contributed by atoms with Crippen LogP contribution in [0.1, 0.15) is 23.2 Å². The lowest BCUT2D eigenvalue weighted by molar-refractivity contribution is 0.670. The Balaban J connectivity index is 2.03. The molecule has 2 nitrogen and oxygen atoms in total. The Morgan fingerprint density at radius 2 is 1.94 bits per heavy atom. The van der Waals surface area contributed by atoms with Crippen molar-refractivity contribution < 1.29 is 0 Å². The van der Waals surface area contributed by atoms with Gasteiger partial charge in [0.1, 0.15) is 0 Å². The van der Waals surface area contributed by atoms with Crippen molar-refractivity contribution in [2.45, 2.75) is 26.7 Å². The van der Waals surface area contributed by atoms with Crippen molar-refractivity contribution in [3.63, 3.8) is 0 Å². The van der Waals surface area contributed by atoms with Crippen LogP contribution in [0.4, 0.5) is 0 Å². The Bertz CT molecular complexity index is 476. The van der Waals surface area contributed by atoms with Crippen molar-refractivity contribution in [2.75, 3.05) is 13.1 Å². The average molecular weight is 260 g/mol. The summed E-state index contributed by atoms with van der Waals surface area (Å²) in [6.07, 6.45) is 2.21. The van der Waals surface area contributed by atoms with Gasteiger partial charge in [0, 0.05) is 23.4 Å². The van der Waals surface area contributed by atoms with Crippen LogP contribution < -0.4 is 5.32 Å². The van der Waals surface area contributed by atoms with Crippen molar-refractivity contribution in [3.8, 4) is 11.3 Å². The second-order valence-corrected chi connectivity index (χ2v) is 5.67. The first-order valence-electron chi connectivity index (χ1n) is 6.53. The van der Waals surface area contributed by atoms with E-state index in [0.29, 0.717) is 0 Å². The summed E-state index contributed by atoms with van der Waals surface area (Å²) in [6.45, 7) is 6.46. The minimum Gasteiger partial charge on any atom is -0.316 e. The molecular weight excluding hydrogens is 240 g/mol. The van der Waals surface area contributed by atoms with Gasteiger partial charge in [0.05, 0.1) is 10.7 Å². The second kappa shape index (κ2) is 6.66. The van der Waals surface area contributed by atoms with Gasteiger partial charge in [0.2, 0.25) is 0 Å². The molecule has 0 aliphatic rings. The lowest BCUT2D eigenvalue weighted by atomic mass is 10.1. The third kappa shape index (κ3) is 3.40. The van der Waals surface area contributed by atoms with Crippen molar-refractivity contribution >= 4 is 11.3 Å². The Morgan fingerprint density at radius 3 is 2.67 bits per heavy atom. The van der Waals surface area contributed by atoms with Crippen LogP contribution in [0.5, 0.6) is 0 Å². The molecule has 2 aromatic rings. The van der Waals surface area contributed by atoms with Crippen molar-refractivity contribution in [3.05, 3.63) is 40.2 Å². The predicted molar refractivity (Wildman–Crippen MR) is 79.2 cm³/mol. The zero-order valence-electron chi connectivity index (χ0n) is 11.1. The third-order valence-electron chi connectivity index (χ3n) is 2.83. The van der Waals surface area contributed by atoms with E-state index in [0.717, 1.165) is 25.2 Å². The fourth-order valence-corrected chi connectivity index (χ4v) is 2.87. The summed E-state index contributed by atoms with van der Waals surface area (Å²) in [5.41, 5.74) is 2.37. The van der Waals surface area contributed by atoms with Gasteiger partial charge < -0.3 is 5.32 Å². The molecule has 0 fully saturated rings. The highest BCUT2D eigenvalue weighted by atomic mass is 32.1. The number of rotatable bonds is 6. The maximum atomic E-state index is 4.76. The Morgan fingerprint density at radius 1 is 1.17 bits per heavy atom. The topological polar surface area (TPSA) is 24.9 Å². The number of nitrogens with zero attached hydrogens (tertiary/aromatic N) is 1. The van der Waals surface area contributed by atoms with E-state index in [9.17, 15) is 0 Å². The highest BCUT2D eigenvalue weighted by Crippen LogP contribution is 2.27. The van der Waals surface area contributed by atoms with E-state index in [1.165, 1.54) is 21.9 Å². The van der Waals surface area contributed by atoms with Crippen molar-refractivity contribution in [1.29, 1.82) is 0 Å². The molecule has 0 bridgehead atoms. The summed E-state index contributed by atoms with van der Waals surface area (Å²) >= 11 is 1.82. The number of aromatic nitrogens is 1. The fourth-order valence-electron chi connectivity index (χ4n) is 1.92. The minimum atomic E-state index is 1.02. The summed E-state index contributed by atoms with van der Waals surface area (Å²) < 4.78 is 0. The summed E-state index contributed by atoms with van der Waals surface area (Å²) in [5, 5.41) is 4.65. The van der Waals surface area contributed by atoms with Crippen LogP contribution in [-0.4, -0.2) is 18.1 Å². The van der Waals surface area contributed by atoms with Gasteiger partial charge >= 0.3 is 0 Å². The molecule has 18 heavy (non-hydrogen) atoms. The number of aryl methyl sites for hydroxylation is 1. The smallest absolute Gasteiger partial charge is 0.0948 e. The van der Waals surface area contributed by atoms with Gasteiger partial charge in [-0.1, -0.05) is 37.3 Å². The first-order chi connectivity index (χ1) is 8.81. The molecule has 1 aromatic carbocycles. The van der Waals surface area contributed by atoms with Crippen LogP contribution in [0.2, 0.25) is 0 Å². The molecule has 0 atom stereocenters. The summed E-state index contributed by atoms with van der Waals surface area (Å²) in [5.74, 6) is 0. The van der Waals surface area contributed by atoms with E-state index in [-0.39, 0.29) is 0 Å². The summed E-state index contributed by atoms with van der Waals surface area (Å²) in [4.78, 5) is 6.07. The molecule has 0 spiro atoms. The summed E-state index contributed by atoms with van der Waals surface area (Å²) in [6, 6.07) is 10.4. The van der Waals surface area contributed by atoms with Gasteiger partial charge in [-0.3, -0.25) is 0 Å². The first kappa shape index (κ1) is 13.2. The van der Waals surface area contributed by atoms with E-state index in [2.05, 4.69) is 43.4 Å². The minimum absolute atomic E-state index is 1.02. The molecule has 1 N–H and O–H groups in total. The Labute approximate surface area is 113 Å². The van der Waals surface area contributed by atoms with Crippen molar-refractivity contribution in [1.82, 2.24) is 10.3 Å². The molecule has 0 amide bonds. The number of hydrogen-bond acceptors (Lipinski definition) is 3. The van der Waals surface area contributed by atoms with Crippen LogP contribution in [0, 0.1) is 6.92 Å². The van der Waals surface area contributed by atoms with E-state index in [1.807, 2.05) is 17.4 Å². The molecule has 1 heterocycles. The zero-order chi connectivity index (χ0) is 12.8. The van der Waals surface area contributed by atoms with Crippen LogP contribution in [0.25, 0.3) is 11.3 Å². The zero-order valence-corrected chi connectivity index (χ0v) is 11.9. The van der Waals surface area contributed by atoms with Gasteiger partial charge in [-0.2, -0.15) is 0 Å². The number of benzene rings is 1. The van der Waals surface area contributed by atoms with Gasteiger partial charge in [-0.15, -0.1) is 11.3 Å². The summed E-state index contributed by atoms with van der Waals surface area (Å²) in [7, 11) is 0. The molecule has 0 aliphatic heterocycles. The molecule has 0 radical (unpaired) electrons. The molecule has 0 unspecified atom stereocenters. The van der Waals surface area contributed by atoms with Crippen LogP contribution in [0.15, 0.2) is 30.3 Å². The van der Waals surface area contributed by atoms with Crippen LogP contribution in [-0.2, 0) is 6.42 Å². The molecule has 0 aliphatic carbocycles. The van der Waals surface area contributed by atoms with Crippen LogP contribution >= 0.6 is 11.3 Å². The van der Waals surface area contributed by atoms with Gasteiger partial charge in [-0.05, 0) is 19.9 Å². The quantitative estimate of drug-likeness (QED) is 0.802. The van der Waals surface area contributed by atoms with Gasteiger partial charge in [-0.25, -0.2) is 4.98 Å². The van der Waals surface area contributed by atoms with Crippen molar-refractivity contribution in [2.24, 2.45) is 0 Å². The number of thiazole rings is 1. The molecule has 96 valence electrons. The normalized spacial score (nSPS) is 10.8. The highest BCUT2D eigenvalue weighted by Gasteiger charge is 2.08. The van der Waals surface area contributed by atoms with E-state index < -0.39 is 0 Å². The number of nitrogens with one attached hydrogen (secondary N) is 1. The molecule has 2 rings (SSSR count). The second-order valence-electron chi connectivity index (χ2n) is 4.38.